The SMILES string of the molecule is CCCNC(c1ccc(C)c(F)c1)C1CCC(C)C1. The Kier molecular flexibility index (Phi) is 4.98. The molecular weight excluding hydrogens is 237 g/mol. The molecular formula is C17H26FN. The van der Waals surface area contributed by atoms with Crippen molar-refractivity contribution in [1.82, 2.24) is 5.32 Å². The lowest BCUT2D eigenvalue weighted by Gasteiger charge is -2.26. The Balaban J connectivity index is 2.18. The van der Waals surface area contributed by atoms with Gasteiger partial charge in [-0.1, -0.05) is 32.4 Å². The lowest BCUT2D eigenvalue weighted by Crippen LogP contribution is -2.28. The molecule has 0 amide bonds. The summed E-state index contributed by atoms with van der Waals surface area (Å²) in [7, 11) is 0. The van der Waals surface area contributed by atoms with Crippen LogP contribution in [0.3, 0.4) is 0 Å². The van der Waals surface area contributed by atoms with Gasteiger partial charge in [0.05, 0.1) is 0 Å². The van der Waals surface area contributed by atoms with Crippen molar-refractivity contribution in [1.29, 1.82) is 0 Å². The smallest absolute Gasteiger partial charge is 0.126 e. The van der Waals surface area contributed by atoms with Crippen molar-refractivity contribution in [2.24, 2.45) is 11.8 Å². The Morgan fingerprint density at radius 3 is 2.74 bits per heavy atom. The summed E-state index contributed by atoms with van der Waals surface area (Å²) in [6.45, 7) is 7.33. The normalized spacial score (nSPS) is 24.6. The third-order valence-electron chi connectivity index (χ3n) is 4.38. The molecule has 1 nitrogen and oxygen atoms in total. The van der Waals surface area contributed by atoms with E-state index in [0.717, 1.165) is 30.0 Å². The lowest BCUT2D eigenvalue weighted by molar-refractivity contribution is 0.358. The van der Waals surface area contributed by atoms with Crippen LogP contribution in [0.15, 0.2) is 18.2 Å². The molecule has 106 valence electrons. The first-order chi connectivity index (χ1) is 9.11. The summed E-state index contributed by atoms with van der Waals surface area (Å²) < 4.78 is 13.8. The molecule has 1 N–H and O–H groups in total. The molecule has 1 aliphatic carbocycles. The second kappa shape index (κ2) is 6.51. The summed E-state index contributed by atoms with van der Waals surface area (Å²) in [5, 5.41) is 3.63. The van der Waals surface area contributed by atoms with Crippen molar-refractivity contribution < 1.29 is 4.39 Å². The van der Waals surface area contributed by atoms with E-state index in [1.807, 2.05) is 13.0 Å². The topological polar surface area (TPSA) is 12.0 Å². The van der Waals surface area contributed by atoms with Crippen molar-refractivity contribution >= 4 is 0 Å². The van der Waals surface area contributed by atoms with Gasteiger partial charge >= 0.3 is 0 Å². The average molecular weight is 263 g/mol. The molecule has 0 heterocycles. The van der Waals surface area contributed by atoms with Gasteiger partial charge in [0, 0.05) is 6.04 Å². The van der Waals surface area contributed by atoms with Crippen LogP contribution in [0.25, 0.3) is 0 Å². The second-order valence-corrected chi connectivity index (χ2v) is 6.12. The molecule has 1 aromatic rings. The lowest BCUT2D eigenvalue weighted by atomic mass is 9.90. The predicted octanol–water partition coefficient (Wildman–Crippen LogP) is 4.61. The fourth-order valence-electron chi connectivity index (χ4n) is 3.21. The van der Waals surface area contributed by atoms with E-state index in [-0.39, 0.29) is 5.82 Å². The maximum absolute atomic E-state index is 13.8. The zero-order chi connectivity index (χ0) is 13.8. The summed E-state index contributed by atoms with van der Waals surface area (Å²) >= 11 is 0. The molecule has 3 unspecified atom stereocenters. The molecule has 0 aromatic heterocycles. The number of benzene rings is 1. The van der Waals surface area contributed by atoms with Gasteiger partial charge in [-0.2, -0.15) is 0 Å². The monoisotopic (exact) mass is 263 g/mol. The number of aryl methyl sites for hydroxylation is 1. The minimum Gasteiger partial charge on any atom is -0.310 e. The van der Waals surface area contributed by atoms with E-state index >= 15 is 0 Å². The number of nitrogens with one attached hydrogen (secondary N) is 1. The van der Waals surface area contributed by atoms with Crippen molar-refractivity contribution in [2.45, 2.75) is 52.5 Å². The molecule has 0 aliphatic heterocycles. The third kappa shape index (κ3) is 3.56. The standard InChI is InChI=1S/C17H26FN/c1-4-9-19-17(14-7-5-12(2)10-14)15-8-6-13(3)16(18)11-15/h6,8,11-12,14,17,19H,4-5,7,9-10H2,1-3H3. The van der Waals surface area contributed by atoms with E-state index < -0.39 is 0 Å². The quantitative estimate of drug-likeness (QED) is 0.818. The Hall–Kier alpha value is -0.890. The van der Waals surface area contributed by atoms with Gasteiger partial charge in [-0.3, -0.25) is 0 Å². The number of halogens is 1. The molecule has 2 heteroatoms. The van der Waals surface area contributed by atoms with Gasteiger partial charge in [-0.05, 0) is 61.8 Å². The number of hydrogen-bond acceptors (Lipinski definition) is 1. The van der Waals surface area contributed by atoms with Crippen molar-refractivity contribution in [2.75, 3.05) is 6.54 Å². The predicted molar refractivity (Wildman–Crippen MR) is 78.7 cm³/mol. The Labute approximate surface area is 116 Å². The minimum absolute atomic E-state index is 0.0770. The van der Waals surface area contributed by atoms with Crippen LogP contribution in [0.5, 0.6) is 0 Å². The highest BCUT2D eigenvalue weighted by Gasteiger charge is 2.29. The first-order valence-corrected chi connectivity index (χ1v) is 7.61. The van der Waals surface area contributed by atoms with Crippen LogP contribution in [-0.2, 0) is 0 Å². The molecule has 0 bridgehead atoms. The van der Waals surface area contributed by atoms with Crippen molar-refractivity contribution in [3.05, 3.63) is 35.1 Å². The number of rotatable bonds is 5. The molecule has 2 rings (SSSR count). The van der Waals surface area contributed by atoms with Crippen LogP contribution in [0, 0.1) is 24.6 Å². The van der Waals surface area contributed by atoms with Crippen LogP contribution < -0.4 is 5.32 Å². The molecule has 3 atom stereocenters. The zero-order valence-corrected chi connectivity index (χ0v) is 12.4. The van der Waals surface area contributed by atoms with E-state index in [2.05, 4.69) is 25.2 Å². The van der Waals surface area contributed by atoms with Gasteiger partial charge in [-0.25, -0.2) is 4.39 Å². The molecule has 19 heavy (non-hydrogen) atoms. The summed E-state index contributed by atoms with van der Waals surface area (Å²) in [6.07, 6.45) is 4.95. The third-order valence-corrected chi connectivity index (χ3v) is 4.38. The van der Waals surface area contributed by atoms with Crippen LogP contribution >= 0.6 is 0 Å². The second-order valence-electron chi connectivity index (χ2n) is 6.12. The van der Waals surface area contributed by atoms with Crippen LogP contribution in [0.2, 0.25) is 0 Å². The highest BCUT2D eigenvalue weighted by Crippen LogP contribution is 2.39. The van der Waals surface area contributed by atoms with E-state index in [1.165, 1.54) is 19.3 Å². The average Bonchev–Trinajstić information content (AvgIpc) is 2.80. The van der Waals surface area contributed by atoms with Gasteiger partial charge in [0.15, 0.2) is 0 Å². The molecule has 1 aliphatic rings. The first-order valence-electron chi connectivity index (χ1n) is 7.61. The van der Waals surface area contributed by atoms with Gasteiger partial charge in [0.25, 0.3) is 0 Å². The van der Waals surface area contributed by atoms with Crippen molar-refractivity contribution in [3.63, 3.8) is 0 Å². The molecule has 1 aromatic carbocycles. The van der Waals surface area contributed by atoms with Gasteiger partial charge < -0.3 is 5.32 Å². The van der Waals surface area contributed by atoms with Crippen LogP contribution in [0.4, 0.5) is 4.39 Å². The molecule has 1 fully saturated rings. The molecule has 0 saturated heterocycles. The largest absolute Gasteiger partial charge is 0.310 e. The Bertz CT molecular complexity index is 416. The van der Waals surface area contributed by atoms with Gasteiger partial charge in [0.2, 0.25) is 0 Å². The maximum Gasteiger partial charge on any atom is 0.126 e. The highest BCUT2D eigenvalue weighted by atomic mass is 19.1. The van der Waals surface area contributed by atoms with Crippen LogP contribution in [-0.4, -0.2) is 6.54 Å². The maximum atomic E-state index is 13.8. The Morgan fingerprint density at radius 2 is 2.16 bits per heavy atom. The fourth-order valence-corrected chi connectivity index (χ4v) is 3.21. The summed E-state index contributed by atoms with van der Waals surface area (Å²) in [6, 6.07) is 6.05. The van der Waals surface area contributed by atoms with Gasteiger partial charge in [-0.15, -0.1) is 0 Å². The minimum atomic E-state index is -0.0770. The van der Waals surface area contributed by atoms with E-state index in [4.69, 9.17) is 0 Å². The van der Waals surface area contributed by atoms with E-state index in [1.54, 1.807) is 6.07 Å². The fraction of sp³-hybridized carbons (Fsp3) is 0.647. The first kappa shape index (κ1) is 14.5. The summed E-state index contributed by atoms with van der Waals surface area (Å²) in [5.41, 5.74) is 1.86. The Morgan fingerprint density at radius 1 is 1.37 bits per heavy atom. The van der Waals surface area contributed by atoms with E-state index in [9.17, 15) is 4.39 Å². The van der Waals surface area contributed by atoms with Crippen molar-refractivity contribution in [3.8, 4) is 0 Å². The van der Waals surface area contributed by atoms with E-state index in [0.29, 0.717) is 12.0 Å². The molecule has 1 saturated carbocycles. The van der Waals surface area contributed by atoms with Crippen LogP contribution in [0.1, 0.15) is 56.7 Å². The number of hydrogen-bond donors (Lipinski definition) is 1. The molecule has 0 radical (unpaired) electrons. The zero-order valence-electron chi connectivity index (χ0n) is 12.4. The highest BCUT2D eigenvalue weighted by molar-refractivity contribution is 5.26. The molecule has 0 spiro atoms. The van der Waals surface area contributed by atoms with Gasteiger partial charge in [0.1, 0.15) is 5.82 Å². The summed E-state index contributed by atoms with van der Waals surface area (Å²) in [4.78, 5) is 0. The summed E-state index contributed by atoms with van der Waals surface area (Å²) in [5.74, 6) is 1.39.